The predicted octanol–water partition coefficient (Wildman–Crippen LogP) is 2.98. The first kappa shape index (κ1) is 19.2. The molecule has 1 fully saturated rings. The molecule has 3 aromatic rings. The number of carbonyl (C=O) groups excluding carboxylic acids is 1. The summed E-state index contributed by atoms with van der Waals surface area (Å²) < 4.78 is 0. The Balaban J connectivity index is 1.47. The van der Waals surface area contributed by atoms with Crippen LogP contribution in [0.15, 0.2) is 61.1 Å². The van der Waals surface area contributed by atoms with Crippen LogP contribution in [0.5, 0.6) is 0 Å². The number of hydrogen-bond acceptors (Lipinski definition) is 5. The van der Waals surface area contributed by atoms with Crippen molar-refractivity contribution in [2.75, 3.05) is 13.1 Å². The summed E-state index contributed by atoms with van der Waals surface area (Å²) in [5, 5.41) is 9.21. The largest absolute Gasteiger partial charge is 0.392 e. The van der Waals surface area contributed by atoms with Gasteiger partial charge in [0.05, 0.1) is 30.6 Å². The fourth-order valence-electron chi connectivity index (χ4n) is 3.71. The van der Waals surface area contributed by atoms with Crippen molar-refractivity contribution in [2.24, 2.45) is 0 Å². The monoisotopic (exact) mass is 388 g/mol. The van der Waals surface area contributed by atoms with Crippen LogP contribution < -0.4 is 0 Å². The molecule has 0 aliphatic carbocycles. The molecule has 3 heterocycles. The number of aliphatic hydroxyl groups excluding tert-OH is 1. The third-order valence-electron chi connectivity index (χ3n) is 5.34. The highest BCUT2D eigenvalue weighted by Crippen LogP contribution is 2.27. The zero-order valence-electron chi connectivity index (χ0n) is 16.2. The van der Waals surface area contributed by atoms with E-state index in [1.165, 1.54) is 0 Å². The first-order valence-corrected chi connectivity index (χ1v) is 9.93. The first-order chi connectivity index (χ1) is 14.2. The Bertz CT molecular complexity index is 960. The number of nitrogens with zero attached hydrogens (tertiary/aromatic N) is 4. The number of piperidine rings is 1. The SMILES string of the molecule is O=C(Cc1ccccn1)N1CCCC(c2cncc(-c3ccc(CO)cc3)n2)C1. The smallest absolute Gasteiger partial charge is 0.228 e. The van der Waals surface area contributed by atoms with Crippen LogP contribution in [0.25, 0.3) is 11.3 Å². The van der Waals surface area contributed by atoms with E-state index in [4.69, 9.17) is 4.98 Å². The Hall–Kier alpha value is -3.12. The van der Waals surface area contributed by atoms with Gasteiger partial charge in [-0.1, -0.05) is 30.3 Å². The molecule has 1 aromatic carbocycles. The van der Waals surface area contributed by atoms with Gasteiger partial charge in [0.1, 0.15) is 0 Å². The summed E-state index contributed by atoms with van der Waals surface area (Å²) in [4.78, 5) is 28.1. The van der Waals surface area contributed by atoms with Crippen molar-refractivity contribution in [3.05, 3.63) is 78.0 Å². The Morgan fingerprint density at radius 3 is 2.76 bits per heavy atom. The first-order valence-electron chi connectivity index (χ1n) is 9.93. The normalized spacial score (nSPS) is 16.6. The summed E-state index contributed by atoms with van der Waals surface area (Å²) in [6.07, 6.45) is 7.56. The second kappa shape index (κ2) is 8.92. The Kier molecular flexibility index (Phi) is 5.91. The summed E-state index contributed by atoms with van der Waals surface area (Å²) in [5.74, 6) is 0.290. The maximum absolute atomic E-state index is 12.7. The Morgan fingerprint density at radius 2 is 2.00 bits per heavy atom. The lowest BCUT2D eigenvalue weighted by Gasteiger charge is -2.32. The number of amides is 1. The van der Waals surface area contributed by atoms with E-state index in [9.17, 15) is 9.90 Å². The fourth-order valence-corrected chi connectivity index (χ4v) is 3.71. The number of carbonyl (C=O) groups is 1. The molecular weight excluding hydrogens is 364 g/mol. The van der Waals surface area contributed by atoms with Crippen molar-refractivity contribution in [2.45, 2.75) is 31.8 Å². The van der Waals surface area contributed by atoms with Crippen molar-refractivity contribution >= 4 is 5.91 Å². The van der Waals surface area contributed by atoms with Gasteiger partial charge in [0.2, 0.25) is 5.91 Å². The van der Waals surface area contributed by atoms with E-state index in [2.05, 4.69) is 9.97 Å². The average molecular weight is 388 g/mol. The molecule has 1 atom stereocenters. The lowest BCUT2D eigenvalue weighted by Crippen LogP contribution is -2.40. The highest BCUT2D eigenvalue weighted by atomic mass is 16.3. The Morgan fingerprint density at radius 1 is 1.14 bits per heavy atom. The third-order valence-corrected chi connectivity index (χ3v) is 5.34. The summed E-state index contributed by atoms with van der Waals surface area (Å²) in [6.45, 7) is 1.46. The second-order valence-electron chi connectivity index (χ2n) is 7.36. The van der Waals surface area contributed by atoms with Gasteiger partial charge in [0, 0.05) is 42.7 Å². The van der Waals surface area contributed by atoms with Crippen LogP contribution in [0.2, 0.25) is 0 Å². The van der Waals surface area contributed by atoms with Gasteiger partial charge in [-0.3, -0.25) is 14.8 Å². The molecule has 1 N–H and O–H groups in total. The number of rotatable bonds is 5. The highest BCUT2D eigenvalue weighted by molar-refractivity contribution is 5.78. The van der Waals surface area contributed by atoms with E-state index < -0.39 is 0 Å². The number of pyridine rings is 1. The molecule has 0 bridgehead atoms. The van der Waals surface area contributed by atoms with Gasteiger partial charge in [0.15, 0.2) is 0 Å². The Labute approximate surface area is 170 Å². The van der Waals surface area contributed by atoms with Gasteiger partial charge in [0.25, 0.3) is 0 Å². The van der Waals surface area contributed by atoms with Gasteiger partial charge in [-0.15, -0.1) is 0 Å². The second-order valence-corrected chi connectivity index (χ2v) is 7.36. The molecule has 6 heteroatoms. The van der Waals surface area contributed by atoms with Gasteiger partial charge >= 0.3 is 0 Å². The molecule has 1 amide bonds. The standard InChI is InChI=1S/C23H24N4O2/c28-16-17-6-8-18(9-7-17)21-13-24-14-22(26-21)19-4-3-11-27(15-19)23(29)12-20-5-1-2-10-25-20/h1-2,5-10,13-14,19,28H,3-4,11-12,15-16H2. The minimum Gasteiger partial charge on any atom is -0.392 e. The lowest BCUT2D eigenvalue weighted by molar-refractivity contribution is -0.131. The molecule has 29 heavy (non-hydrogen) atoms. The molecule has 4 rings (SSSR count). The zero-order valence-corrected chi connectivity index (χ0v) is 16.2. The van der Waals surface area contributed by atoms with Gasteiger partial charge in [-0.05, 0) is 30.5 Å². The van der Waals surface area contributed by atoms with Crippen LogP contribution in [0, 0.1) is 0 Å². The quantitative estimate of drug-likeness (QED) is 0.727. The van der Waals surface area contributed by atoms with Gasteiger partial charge < -0.3 is 10.0 Å². The van der Waals surface area contributed by atoms with E-state index in [-0.39, 0.29) is 18.4 Å². The van der Waals surface area contributed by atoms with Crippen molar-refractivity contribution in [3.8, 4) is 11.3 Å². The van der Waals surface area contributed by atoms with E-state index in [1.807, 2.05) is 53.6 Å². The van der Waals surface area contributed by atoms with Crippen LogP contribution in [0.1, 0.15) is 35.7 Å². The molecule has 0 radical (unpaired) electrons. The number of aliphatic hydroxyl groups is 1. The topological polar surface area (TPSA) is 79.2 Å². The summed E-state index contributed by atoms with van der Waals surface area (Å²) in [5.41, 5.74) is 4.36. The summed E-state index contributed by atoms with van der Waals surface area (Å²) >= 11 is 0. The van der Waals surface area contributed by atoms with Crippen LogP contribution in [0.3, 0.4) is 0 Å². The summed E-state index contributed by atoms with van der Waals surface area (Å²) in [7, 11) is 0. The lowest BCUT2D eigenvalue weighted by atomic mass is 9.94. The number of benzene rings is 1. The van der Waals surface area contributed by atoms with Crippen LogP contribution in [-0.4, -0.2) is 44.0 Å². The van der Waals surface area contributed by atoms with Crippen molar-refractivity contribution in [3.63, 3.8) is 0 Å². The van der Waals surface area contributed by atoms with E-state index in [0.29, 0.717) is 13.0 Å². The average Bonchev–Trinajstić information content (AvgIpc) is 2.80. The predicted molar refractivity (Wildman–Crippen MR) is 110 cm³/mol. The minimum atomic E-state index is 0.0242. The maximum atomic E-state index is 12.7. The van der Waals surface area contributed by atoms with E-state index in [1.54, 1.807) is 12.4 Å². The molecule has 148 valence electrons. The number of aromatic nitrogens is 3. The zero-order chi connectivity index (χ0) is 20.1. The molecule has 1 unspecified atom stereocenters. The molecule has 0 spiro atoms. The van der Waals surface area contributed by atoms with Gasteiger partial charge in [-0.2, -0.15) is 0 Å². The minimum absolute atomic E-state index is 0.0242. The van der Waals surface area contributed by atoms with Crippen molar-refractivity contribution < 1.29 is 9.90 Å². The third kappa shape index (κ3) is 4.66. The molecule has 1 aliphatic heterocycles. The highest BCUT2D eigenvalue weighted by Gasteiger charge is 2.26. The van der Waals surface area contributed by atoms with Crippen LogP contribution >= 0.6 is 0 Å². The van der Waals surface area contributed by atoms with E-state index in [0.717, 1.165) is 47.6 Å². The number of likely N-dealkylation sites (tertiary alicyclic amines) is 1. The maximum Gasteiger partial charge on any atom is 0.228 e. The molecule has 2 aromatic heterocycles. The molecule has 1 saturated heterocycles. The molecule has 6 nitrogen and oxygen atoms in total. The van der Waals surface area contributed by atoms with Gasteiger partial charge in [-0.25, -0.2) is 4.98 Å². The van der Waals surface area contributed by atoms with E-state index >= 15 is 0 Å². The fraction of sp³-hybridized carbons (Fsp3) is 0.304. The molecule has 0 saturated carbocycles. The molecular formula is C23H24N4O2. The van der Waals surface area contributed by atoms with Crippen LogP contribution in [-0.2, 0) is 17.8 Å². The van der Waals surface area contributed by atoms with Crippen LogP contribution in [0.4, 0.5) is 0 Å². The van der Waals surface area contributed by atoms with Crippen molar-refractivity contribution in [1.82, 2.24) is 19.9 Å². The summed E-state index contributed by atoms with van der Waals surface area (Å²) in [6, 6.07) is 13.3. The number of hydrogen-bond donors (Lipinski definition) is 1. The van der Waals surface area contributed by atoms with Crippen molar-refractivity contribution in [1.29, 1.82) is 0 Å². The molecule has 1 aliphatic rings.